The fourth-order valence-corrected chi connectivity index (χ4v) is 3.26. The summed E-state index contributed by atoms with van der Waals surface area (Å²) in [4.78, 5) is 2.52. The van der Waals surface area contributed by atoms with Crippen LogP contribution in [-0.4, -0.2) is 36.2 Å². The molecule has 98 valence electrons. The van der Waals surface area contributed by atoms with Gasteiger partial charge in [0.05, 0.1) is 0 Å². The summed E-state index contributed by atoms with van der Waals surface area (Å²) < 4.78 is 1.05. The first-order chi connectivity index (χ1) is 8.75. The lowest BCUT2D eigenvalue weighted by Crippen LogP contribution is -2.45. The quantitative estimate of drug-likeness (QED) is 0.900. The zero-order valence-corrected chi connectivity index (χ0v) is 12.0. The van der Waals surface area contributed by atoms with E-state index in [1.54, 1.807) is 6.07 Å². The van der Waals surface area contributed by atoms with E-state index in [0.29, 0.717) is 11.8 Å². The van der Waals surface area contributed by atoms with Gasteiger partial charge in [0, 0.05) is 42.3 Å². The van der Waals surface area contributed by atoms with Crippen LogP contribution in [0.3, 0.4) is 0 Å². The van der Waals surface area contributed by atoms with Gasteiger partial charge < -0.3 is 10.4 Å². The van der Waals surface area contributed by atoms with Gasteiger partial charge in [-0.25, -0.2) is 0 Å². The highest BCUT2D eigenvalue weighted by atomic mass is 79.9. The summed E-state index contributed by atoms with van der Waals surface area (Å²) in [5.41, 5.74) is 1.09. The summed E-state index contributed by atoms with van der Waals surface area (Å²) in [5, 5.41) is 13.5. The van der Waals surface area contributed by atoms with Crippen molar-refractivity contribution in [3.63, 3.8) is 0 Å². The molecule has 1 aliphatic heterocycles. The minimum absolute atomic E-state index is 0.393. The molecule has 1 aliphatic carbocycles. The van der Waals surface area contributed by atoms with E-state index in [1.807, 2.05) is 6.07 Å². The van der Waals surface area contributed by atoms with Crippen LogP contribution in [0.1, 0.15) is 24.4 Å². The number of aromatic hydroxyl groups is 1. The van der Waals surface area contributed by atoms with Gasteiger partial charge in [0.1, 0.15) is 5.75 Å². The Morgan fingerprint density at radius 1 is 1.28 bits per heavy atom. The van der Waals surface area contributed by atoms with Crippen molar-refractivity contribution in [3.8, 4) is 5.75 Å². The van der Waals surface area contributed by atoms with Crippen LogP contribution in [0.15, 0.2) is 22.7 Å². The molecular formula is C14H19BrN2O. The molecule has 0 amide bonds. The average Bonchev–Trinajstić information content (AvgIpc) is 3.20. The van der Waals surface area contributed by atoms with Crippen LogP contribution in [-0.2, 0) is 0 Å². The lowest BCUT2D eigenvalue weighted by Gasteiger charge is -2.35. The van der Waals surface area contributed by atoms with E-state index < -0.39 is 0 Å². The van der Waals surface area contributed by atoms with Crippen LogP contribution >= 0.6 is 15.9 Å². The van der Waals surface area contributed by atoms with Gasteiger partial charge in [-0.15, -0.1) is 0 Å². The second kappa shape index (κ2) is 5.19. The molecule has 0 unspecified atom stereocenters. The highest BCUT2D eigenvalue weighted by Gasteiger charge is 2.38. The van der Waals surface area contributed by atoms with Crippen LogP contribution in [0.25, 0.3) is 0 Å². The maximum atomic E-state index is 10.1. The molecule has 1 atom stereocenters. The minimum Gasteiger partial charge on any atom is -0.508 e. The van der Waals surface area contributed by atoms with Crippen molar-refractivity contribution in [3.05, 3.63) is 28.2 Å². The Morgan fingerprint density at radius 3 is 2.67 bits per heavy atom. The van der Waals surface area contributed by atoms with Crippen molar-refractivity contribution in [2.75, 3.05) is 26.2 Å². The maximum Gasteiger partial charge on any atom is 0.120 e. The van der Waals surface area contributed by atoms with Crippen LogP contribution in [0.2, 0.25) is 0 Å². The van der Waals surface area contributed by atoms with Crippen molar-refractivity contribution in [2.24, 2.45) is 5.92 Å². The van der Waals surface area contributed by atoms with Gasteiger partial charge in [0.25, 0.3) is 0 Å². The Labute approximate surface area is 116 Å². The predicted octanol–water partition coefficient (Wildman–Crippen LogP) is 2.51. The Balaban J connectivity index is 1.90. The maximum absolute atomic E-state index is 10.1. The Bertz CT molecular complexity index is 428. The summed E-state index contributed by atoms with van der Waals surface area (Å²) in [6.07, 6.45) is 2.58. The molecule has 1 saturated heterocycles. The van der Waals surface area contributed by atoms with Gasteiger partial charge in [-0.1, -0.05) is 15.9 Å². The highest BCUT2D eigenvalue weighted by Crippen LogP contribution is 2.47. The fourth-order valence-electron chi connectivity index (χ4n) is 2.88. The largest absolute Gasteiger partial charge is 0.508 e. The van der Waals surface area contributed by atoms with E-state index in [4.69, 9.17) is 0 Å². The van der Waals surface area contributed by atoms with Crippen LogP contribution in [0.5, 0.6) is 5.75 Å². The first kappa shape index (κ1) is 12.5. The molecule has 2 N–H and O–H groups in total. The Hall–Kier alpha value is -0.580. The number of benzene rings is 1. The number of phenols is 1. The molecule has 0 spiro atoms. The highest BCUT2D eigenvalue weighted by molar-refractivity contribution is 9.10. The third kappa shape index (κ3) is 2.56. The van der Waals surface area contributed by atoms with Crippen molar-refractivity contribution in [1.29, 1.82) is 0 Å². The smallest absolute Gasteiger partial charge is 0.120 e. The zero-order valence-electron chi connectivity index (χ0n) is 10.4. The number of phenolic OH excluding ortho intramolecular Hbond substituents is 1. The number of halogens is 1. The van der Waals surface area contributed by atoms with E-state index in [1.165, 1.54) is 12.8 Å². The average molecular weight is 311 g/mol. The zero-order chi connectivity index (χ0) is 12.5. The first-order valence-corrected chi connectivity index (χ1v) is 7.48. The van der Waals surface area contributed by atoms with E-state index in [-0.39, 0.29) is 0 Å². The molecule has 3 rings (SSSR count). The predicted molar refractivity (Wildman–Crippen MR) is 75.7 cm³/mol. The number of piperazine rings is 1. The number of hydrogen-bond acceptors (Lipinski definition) is 3. The van der Waals surface area contributed by atoms with Gasteiger partial charge in [-0.2, -0.15) is 0 Å². The Morgan fingerprint density at radius 2 is 2.00 bits per heavy atom. The summed E-state index contributed by atoms with van der Waals surface area (Å²) in [7, 11) is 0. The lowest BCUT2D eigenvalue weighted by atomic mass is 9.99. The molecule has 0 bridgehead atoms. The van der Waals surface area contributed by atoms with Crippen molar-refractivity contribution in [1.82, 2.24) is 10.2 Å². The topological polar surface area (TPSA) is 35.5 Å². The molecule has 1 heterocycles. The Kier molecular flexibility index (Phi) is 3.59. The number of hydrogen-bond donors (Lipinski definition) is 2. The molecule has 4 heteroatoms. The van der Waals surface area contributed by atoms with E-state index >= 15 is 0 Å². The van der Waals surface area contributed by atoms with Crippen LogP contribution < -0.4 is 5.32 Å². The molecule has 0 aromatic heterocycles. The van der Waals surface area contributed by atoms with E-state index in [2.05, 4.69) is 32.2 Å². The molecule has 2 aliphatic rings. The summed E-state index contributed by atoms with van der Waals surface area (Å²) >= 11 is 3.52. The monoisotopic (exact) mass is 310 g/mol. The molecule has 2 fully saturated rings. The number of nitrogens with zero attached hydrogens (tertiary/aromatic N) is 1. The molecule has 0 radical (unpaired) electrons. The number of rotatable bonds is 3. The normalized spacial score (nSPS) is 22.9. The fraction of sp³-hybridized carbons (Fsp3) is 0.571. The molecule has 18 heavy (non-hydrogen) atoms. The summed E-state index contributed by atoms with van der Waals surface area (Å²) in [5.74, 6) is 1.16. The second-order valence-corrected chi connectivity index (χ2v) is 6.19. The van der Waals surface area contributed by atoms with Gasteiger partial charge in [-0.05, 0) is 37.0 Å². The molecule has 1 saturated carbocycles. The van der Waals surface area contributed by atoms with Crippen molar-refractivity contribution >= 4 is 15.9 Å². The first-order valence-electron chi connectivity index (χ1n) is 6.69. The third-order valence-corrected chi connectivity index (χ3v) is 4.41. The standard InChI is InChI=1S/C14H19BrN2O/c15-11-3-4-13(18)12(9-11)14(10-1-2-10)17-7-5-16-6-8-17/h3-4,9-10,14,16,18H,1-2,5-8H2/t14-/m0/s1. The number of nitrogens with one attached hydrogen (secondary N) is 1. The third-order valence-electron chi connectivity index (χ3n) is 3.92. The molecule has 3 nitrogen and oxygen atoms in total. The molecule has 1 aromatic rings. The summed E-state index contributed by atoms with van der Waals surface area (Å²) in [6, 6.07) is 6.18. The lowest BCUT2D eigenvalue weighted by molar-refractivity contribution is 0.153. The van der Waals surface area contributed by atoms with Crippen LogP contribution in [0.4, 0.5) is 0 Å². The SMILES string of the molecule is Oc1ccc(Br)cc1[C@H](C1CC1)N1CCNCC1. The summed E-state index contributed by atoms with van der Waals surface area (Å²) in [6.45, 7) is 4.26. The van der Waals surface area contributed by atoms with E-state index in [9.17, 15) is 5.11 Å². The minimum atomic E-state index is 0.393. The van der Waals surface area contributed by atoms with Crippen LogP contribution in [0, 0.1) is 5.92 Å². The van der Waals surface area contributed by atoms with Gasteiger partial charge in [-0.3, -0.25) is 4.90 Å². The molecular weight excluding hydrogens is 292 g/mol. The van der Waals surface area contributed by atoms with Crippen molar-refractivity contribution < 1.29 is 5.11 Å². The van der Waals surface area contributed by atoms with Crippen molar-refractivity contribution in [2.45, 2.75) is 18.9 Å². The molecule has 1 aromatic carbocycles. The van der Waals surface area contributed by atoms with Gasteiger partial charge >= 0.3 is 0 Å². The van der Waals surface area contributed by atoms with E-state index in [0.717, 1.165) is 42.1 Å². The van der Waals surface area contributed by atoms with Gasteiger partial charge in [0.2, 0.25) is 0 Å². The van der Waals surface area contributed by atoms with Gasteiger partial charge in [0.15, 0.2) is 0 Å². The second-order valence-electron chi connectivity index (χ2n) is 5.27.